The van der Waals surface area contributed by atoms with Gasteiger partial charge in [-0.15, -0.1) is 0 Å². The number of unbranched alkanes of at least 4 members (excludes halogenated alkanes) is 38. The molecule has 0 heterocycles. The van der Waals surface area contributed by atoms with Gasteiger partial charge in [-0.1, -0.05) is 269 Å². The molecule has 0 aromatic carbocycles. The third kappa shape index (κ3) is 52.8. The molecule has 0 spiro atoms. The molecule has 404 valence electrons. The number of carbonyl (C=O) groups is 1. The zero-order valence-electron chi connectivity index (χ0n) is 46.1. The maximum Gasteiger partial charge on any atom is 0.268 e. The SMILES string of the molecule is CCCCCCC/C=C\C/C=C\CCCCCCCCCCCCCCCCCCCCCCCC(=O)NC(COP(=O)([O-])OCC[N+](C)(C)C)C(O)CCCCCCCCCCCCCCC. The van der Waals surface area contributed by atoms with Crippen molar-refractivity contribution in [3.05, 3.63) is 24.3 Å². The average Bonchev–Trinajstić information content (AvgIpc) is 3.30. The van der Waals surface area contributed by atoms with Crippen LogP contribution >= 0.6 is 7.82 Å². The standard InChI is InChI=1S/C59H117N2O6P/c1-6-8-10-12-14-16-18-20-21-22-23-24-25-26-27-28-29-30-31-32-33-34-35-36-37-38-39-41-43-45-47-49-51-53-59(63)60-57(56-67-68(64,65)66-55-54-61(3,4)5)58(62)52-50-48-46-44-42-40-19-17-15-13-11-9-7-2/h18,20,22-23,57-58,62H,6-17,19,21,24-56H2,1-5H3,(H-,60,63,64,65)/b20-18-,23-22-. The maximum absolute atomic E-state index is 13.0. The summed E-state index contributed by atoms with van der Waals surface area (Å²) in [5.41, 5.74) is 0. The summed E-state index contributed by atoms with van der Waals surface area (Å²) in [6.07, 6.45) is 63.7. The number of rotatable bonds is 55. The molecule has 0 aliphatic rings. The van der Waals surface area contributed by atoms with Gasteiger partial charge in [-0.05, 0) is 44.9 Å². The molecule has 0 radical (unpaired) electrons. The van der Waals surface area contributed by atoms with E-state index in [1.165, 1.54) is 225 Å². The first-order chi connectivity index (χ1) is 33.0. The maximum atomic E-state index is 13.0. The van der Waals surface area contributed by atoms with Crippen LogP contribution in [0.5, 0.6) is 0 Å². The number of hydrogen-bond donors (Lipinski definition) is 2. The molecule has 0 aliphatic carbocycles. The van der Waals surface area contributed by atoms with E-state index in [1.54, 1.807) is 0 Å². The van der Waals surface area contributed by atoms with Gasteiger partial charge in [0.1, 0.15) is 13.2 Å². The van der Waals surface area contributed by atoms with E-state index in [1.807, 2.05) is 21.1 Å². The summed E-state index contributed by atoms with van der Waals surface area (Å²) in [7, 11) is 1.32. The second-order valence-corrected chi connectivity index (χ2v) is 23.1. The highest BCUT2D eigenvalue weighted by molar-refractivity contribution is 7.45. The predicted octanol–water partition coefficient (Wildman–Crippen LogP) is 17.4. The van der Waals surface area contributed by atoms with E-state index >= 15 is 0 Å². The molecule has 68 heavy (non-hydrogen) atoms. The van der Waals surface area contributed by atoms with Crippen LogP contribution in [0.15, 0.2) is 24.3 Å². The molecule has 3 unspecified atom stereocenters. The molecule has 0 fully saturated rings. The Hall–Kier alpha value is -1.02. The van der Waals surface area contributed by atoms with Gasteiger partial charge in [0, 0.05) is 6.42 Å². The molecule has 1 amide bonds. The fraction of sp³-hybridized carbons (Fsp3) is 0.915. The number of amides is 1. The van der Waals surface area contributed by atoms with Crippen molar-refractivity contribution < 1.29 is 32.9 Å². The molecule has 2 N–H and O–H groups in total. The average molecular weight is 982 g/mol. The highest BCUT2D eigenvalue weighted by atomic mass is 31.2. The van der Waals surface area contributed by atoms with Crippen molar-refractivity contribution in [3.8, 4) is 0 Å². The van der Waals surface area contributed by atoms with Crippen molar-refractivity contribution in [2.24, 2.45) is 0 Å². The lowest BCUT2D eigenvalue weighted by atomic mass is 10.0. The van der Waals surface area contributed by atoms with Crippen molar-refractivity contribution in [1.29, 1.82) is 0 Å². The van der Waals surface area contributed by atoms with E-state index in [0.29, 0.717) is 23.9 Å². The third-order valence-electron chi connectivity index (χ3n) is 13.7. The van der Waals surface area contributed by atoms with Gasteiger partial charge in [-0.25, -0.2) is 0 Å². The Morgan fingerprint density at radius 1 is 0.515 bits per heavy atom. The first kappa shape index (κ1) is 67.0. The number of nitrogens with zero attached hydrogens (tertiary/aromatic N) is 1. The van der Waals surface area contributed by atoms with Gasteiger partial charge in [0.15, 0.2) is 0 Å². The zero-order chi connectivity index (χ0) is 49.9. The monoisotopic (exact) mass is 981 g/mol. The zero-order valence-corrected chi connectivity index (χ0v) is 47.0. The topological polar surface area (TPSA) is 108 Å². The van der Waals surface area contributed by atoms with Crippen molar-refractivity contribution >= 4 is 13.7 Å². The summed E-state index contributed by atoms with van der Waals surface area (Å²) in [5, 5.41) is 14.0. The first-order valence-corrected chi connectivity index (χ1v) is 31.1. The Kier molecular flexibility index (Phi) is 50.1. The van der Waals surface area contributed by atoms with Gasteiger partial charge >= 0.3 is 0 Å². The number of aliphatic hydroxyl groups excluding tert-OH is 1. The van der Waals surface area contributed by atoms with Crippen molar-refractivity contribution in [2.75, 3.05) is 40.9 Å². The Bertz CT molecular complexity index is 1160. The van der Waals surface area contributed by atoms with Gasteiger partial charge in [-0.3, -0.25) is 9.36 Å². The van der Waals surface area contributed by atoms with Crippen LogP contribution in [-0.4, -0.2) is 68.5 Å². The molecular formula is C59H117N2O6P. The van der Waals surface area contributed by atoms with E-state index < -0.39 is 20.0 Å². The number of phosphoric acid groups is 1. The van der Waals surface area contributed by atoms with Crippen LogP contribution in [0.4, 0.5) is 0 Å². The minimum Gasteiger partial charge on any atom is -0.756 e. The molecule has 0 rings (SSSR count). The summed E-state index contributed by atoms with van der Waals surface area (Å²) in [6.45, 7) is 4.74. The van der Waals surface area contributed by atoms with Crippen molar-refractivity contribution in [3.63, 3.8) is 0 Å². The molecule has 3 atom stereocenters. The van der Waals surface area contributed by atoms with Gasteiger partial charge in [-0.2, -0.15) is 0 Å². The third-order valence-corrected chi connectivity index (χ3v) is 14.7. The normalized spacial score (nSPS) is 14.0. The highest BCUT2D eigenvalue weighted by Gasteiger charge is 2.24. The quantitative estimate of drug-likeness (QED) is 0.0272. The van der Waals surface area contributed by atoms with E-state index in [0.717, 1.165) is 44.9 Å². The smallest absolute Gasteiger partial charge is 0.268 e. The Morgan fingerprint density at radius 3 is 1.22 bits per heavy atom. The molecule has 0 aromatic heterocycles. The number of hydrogen-bond acceptors (Lipinski definition) is 6. The van der Waals surface area contributed by atoms with Gasteiger partial charge in [0.25, 0.3) is 7.82 Å². The fourth-order valence-electron chi connectivity index (χ4n) is 9.01. The number of quaternary nitrogens is 1. The molecule has 0 saturated heterocycles. The number of aliphatic hydroxyl groups is 1. The summed E-state index contributed by atoms with van der Waals surface area (Å²) in [5.74, 6) is -0.160. The van der Waals surface area contributed by atoms with E-state index in [-0.39, 0.29) is 19.1 Å². The second-order valence-electron chi connectivity index (χ2n) is 21.7. The minimum atomic E-state index is -4.57. The largest absolute Gasteiger partial charge is 0.756 e. The molecule has 0 saturated carbocycles. The fourth-order valence-corrected chi connectivity index (χ4v) is 9.74. The molecule has 9 heteroatoms. The van der Waals surface area contributed by atoms with Crippen LogP contribution < -0.4 is 10.2 Å². The Balaban J connectivity index is 3.95. The predicted molar refractivity (Wildman–Crippen MR) is 293 cm³/mol. The van der Waals surface area contributed by atoms with E-state index in [9.17, 15) is 19.4 Å². The van der Waals surface area contributed by atoms with Crippen molar-refractivity contribution in [1.82, 2.24) is 5.32 Å². The van der Waals surface area contributed by atoms with Crippen LogP contribution in [-0.2, 0) is 18.4 Å². The molecular weight excluding hydrogens is 864 g/mol. The van der Waals surface area contributed by atoms with Crippen LogP contribution in [0.3, 0.4) is 0 Å². The molecule has 0 bridgehead atoms. The van der Waals surface area contributed by atoms with E-state index in [4.69, 9.17) is 9.05 Å². The number of allylic oxidation sites excluding steroid dienone is 4. The lowest BCUT2D eigenvalue weighted by Gasteiger charge is -2.30. The van der Waals surface area contributed by atoms with Crippen molar-refractivity contribution in [2.45, 2.75) is 309 Å². The summed E-state index contributed by atoms with van der Waals surface area (Å²) in [4.78, 5) is 25.5. The summed E-state index contributed by atoms with van der Waals surface area (Å²) < 4.78 is 23.4. The lowest BCUT2D eigenvalue weighted by molar-refractivity contribution is -0.870. The van der Waals surface area contributed by atoms with Gasteiger partial charge < -0.3 is 28.8 Å². The van der Waals surface area contributed by atoms with E-state index in [2.05, 4.69) is 43.5 Å². The van der Waals surface area contributed by atoms with Crippen LogP contribution in [0.2, 0.25) is 0 Å². The molecule has 0 aliphatic heterocycles. The molecule has 0 aromatic rings. The number of nitrogens with one attached hydrogen (secondary N) is 1. The van der Waals surface area contributed by atoms with Crippen LogP contribution in [0.25, 0.3) is 0 Å². The Labute approximate surface area is 424 Å². The summed E-state index contributed by atoms with van der Waals surface area (Å²) in [6, 6.07) is -0.797. The lowest BCUT2D eigenvalue weighted by Crippen LogP contribution is -2.46. The molecule has 8 nitrogen and oxygen atoms in total. The second kappa shape index (κ2) is 50.9. The van der Waals surface area contributed by atoms with Gasteiger partial charge in [0.05, 0.1) is 39.9 Å². The number of likely N-dealkylation sites (N-methyl/N-ethyl adjacent to an activating group) is 1. The first-order valence-electron chi connectivity index (χ1n) is 29.7. The summed E-state index contributed by atoms with van der Waals surface area (Å²) >= 11 is 0. The minimum absolute atomic E-state index is 0.0147. The van der Waals surface area contributed by atoms with Gasteiger partial charge in [0.2, 0.25) is 5.91 Å². The highest BCUT2D eigenvalue weighted by Crippen LogP contribution is 2.38. The number of phosphoric ester groups is 1. The number of carbonyl (C=O) groups excluding carboxylic acids is 1. The van der Waals surface area contributed by atoms with Crippen LogP contribution in [0, 0.1) is 0 Å². The van der Waals surface area contributed by atoms with Crippen LogP contribution in [0.1, 0.15) is 296 Å². The Morgan fingerprint density at radius 2 is 0.853 bits per heavy atom.